The summed E-state index contributed by atoms with van der Waals surface area (Å²) in [6, 6.07) is 33.8. The van der Waals surface area contributed by atoms with Crippen LogP contribution in [0.25, 0.3) is 12.2 Å². The molecule has 0 bridgehead atoms. The normalized spacial score (nSPS) is 11.0. The molecule has 0 aliphatic carbocycles. The largest absolute Gasteiger partial charge is 0.399 e. The van der Waals surface area contributed by atoms with Crippen LogP contribution < -0.4 is 10.6 Å². The Balaban J connectivity index is 1.64. The zero-order valence-corrected chi connectivity index (χ0v) is 17.4. The van der Waals surface area contributed by atoms with Gasteiger partial charge in [0.2, 0.25) is 0 Å². The van der Waals surface area contributed by atoms with Crippen LogP contribution in [0.3, 0.4) is 0 Å². The van der Waals surface area contributed by atoms with Crippen LogP contribution in [0.4, 0.5) is 22.7 Å². The fraction of sp³-hybridized carbons (Fsp3) is 0.0714. The second-order valence-corrected chi connectivity index (χ2v) is 7.60. The minimum absolute atomic E-state index is 0.781. The van der Waals surface area contributed by atoms with Gasteiger partial charge in [-0.25, -0.2) is 0 Å². The molecule has 4 rings (SSSR count). The third-order valence-electron chi connectivity index (χ3n) is 5.14. The van der Waals surface area contributed by atoms with Crippen molar-refractivity contribution in [3.8, 4) is 0 Å². The zero-order chi connectivity index (χ0) is 20.9. The highest BCUT2D eigenvalue weighted by atomic mass is 15.1. The van der Waals surface area contributed by atoms with Gasteiger partial charge in [-0.1, -0.05) is 71.8 Å². The first-order chi connectivity index (χ1) is 14.6. The van der Waals surface area contributed by atoms with Crippen LogP contribution >= 0.6 is 0 Å². The van der Waals surface area contributed by atoms with Crippen LogP contribution in [-0.2, 0) is 0 Å². The Morgan fingerprint density at radius 2 is 0.833 bits per heavy atom. The zero-order valence-electron chi connectivity index (χ0n) is 17.4. The van der Waals surface area contributed by atoms with Crippen LogP contribution in [0.1, 0.15) is 22.3 Å². The Kier molecular flexibility index (Phi) is 5.67. The molecule has 0 radical (unpaired) electrons. The maximum Gasteiger partial charge on any atom is 0.0462 e. The number of rotatable bonds is 5. The van der Waals surface area contributed by atoms with Gasteiger partial charge in [-0.2, -0.15) is 0 Å². The lowest BCUT2D eigenvalue weighted by atomic mass is 10.1. The van der Waals surface area contributed by atoms with E-state index in [1.165, 1.54) is 11.1 Å². The third kappa shape index (κ3) is 4.61. The molecule has 148 valence electrons. The molecule has 0 aliphatic heterocycles. The van der Waals surface area contributed by atoms with Crippen LogP contribution in [0, 0.1) is 13.8 Å². The quantitative estimate of drug-likeness (QED) is 0.282. The molecule has 0 aromatic heterocycles. The molecular weight excluding hydrogens is 364 g/mol. The number of nitrogen functional groups attached to an aromatic ring is 1. The lowest BCUT2D eigenvalue weighted by Crippen LogP contribution is -2.09. The highest BCUT2D eigenvalue weighted by molar-refractivity contribution is 5.78. The average molecular weight is 391 g/mol. The molecule has 0 atom stereocenters. The summed E-state index contributed by atoms with van der Waals surface area (Å²) in [5, 5.41) is 0. The molecule has 0 saturated carbocycles. The molecule has 0 unspecified atom stereocenters. The maximum atomic E-state index is 5.76. The van der Waals surface area contributed by atoms with Crippen molar-refractivity contribution in [3.05, 3.63) is 119 Å². The van der Waals surface area contributed by atoms with E-state index in [-0.39, 0.29) is 0 Å². The van der Waals surface area contributed by atoms with Crippen LogP contribution in [-0.4, -0.2) is 0 Å². The monoisotopic (exact) mass is 390 g/mol. The van der Waals surface area contributed by atoms with E-state index in [1.54, 1.807) is 0 Å². The summed E-state index contributed by atoms with van der Waals surface area (Å²) in [6.07, 6.45) is 4.23. The molecule has 2 heteroatoms. The number of nitrogens with zero attached hydrogens (tertiary/aromatic N) is 1. The smallest absolute Gasteiger partial charge is 0.0462 e. The second-order valence-electron chi connectivity index (χ2n) is 7.60. The minimum Gasteiger partial charge on any atom is -0.399 e. The predicted molar refractivity (Wildman–Crippen MR) is 130 cm³/mol. The minimum atomic E-state index is 0.781. The third-order valence-corrected chi connectivity index (χ3v) is 5.14. The summed E-state index contributed by atoms with van der Waals surface area (Å²) in [7, 11) is 0. The van der Waals surface area contributed by atoms with Gasteiger partial charge in [0.15, 0.2) is 0 Å². The van der Waals surface area contributed by atoms with E-state index in [1.807, 2.05) is 24.3 Å². The molecular formula is C28H26N2. The van der Waals surface area contributed by atoms with E-state index >= 15 is 0 Å². The van der Waals surface area contributed by atoms with Gasteiger partial charge >= 0.3 is 0 Å². The van der Waals surface area contributed by atoms with Crippen molar-refractivity contribution in [1.29, 1.82) is 0 Å². The van der Waals surface area contributed by atoms with E-state index in [0.717, 1.165) is 33.9 Å². The number of aryl methyl sites for hydroxylation is 2. The van der Waals surface area contributed by atoms with Gasteiger partial charge in [-0.05, 0) is 73.5 Å². The molecule has 2 nitrogen and oxygen atoms in total. The van der Waals surface area contributed by atoms with Gasteiger partial charge in [0, 0.05) is 22.7 Å². The van der Waals surface area contributed by atoms with E-state index in [2.05, 4.69) is 104 Å². The molecule has 0 heterocycles. The molecule has 0 saturated heterocycles. The van der Waals surface area contributed by atoms with Gasteiger partial charge in [0.25, 0.3) is 0 Å². The summed E-state index contributed by atoms with van der Waals surface area (Å²) in [5.74, 6) is 0. The number of hydrogen-bond donors (Lipinski definition) is 1. The Hall–Kier alpha value is -3.78. The van der Waals surface area contributed by atoms with Gasteiger partial charge in [0.1, 0.15) is 0 Å². The van der Waals surface area contributed by atoms with Crippen LogP contribution in [0.5, 0.6) is 0 Å². The average Bonchev–Trinajstić information content (AvgIpc) is 2.77. The van der Waals surface area contributed by atoms with Gasteiger partial charge in [-0.15, -0.1) is 0 Å². The summed E-state index contributed by atoms with van der Waals surface area (Å²) < 4.78 is 0. The van der Waals surface area contributed by atoms with Crippen molar-refractivity contribution in [3.63, 3.8) is 0 Å². The first kappa shape index (κ1) is 19.5. The summed E-state index contributed by atoms with van der Waals surface area (Å²) in [4.78, 5) is 2.28. The summed E-state index contributed by atoms with van der Waals surface area (Å²) in [5.41, 5.74) is 14.8. The summed E-state index contributed by atoms with van der Waals surface area (Å²) in [6.45, 7) is 4.23. The highest BCUT2D eigenvalue weighted by Crippen LogP contribution is 2.34. The molecule has 2 N–H and O–H groups in total. The Morgan fingerprint density at radius 1 is 0.500 bits per heavy atom. The van der Waals surface area contributed by atoms with Crippen molar-refractivity contribution in [2.24, 2.45) is 0 Å². The van der Waals surface area contributed by atoms with Crippen LogP contribution in [0.2, 0.25) is 0 Å². The number of benzene rings is 4. The van der Waals surface area contributed by atoms with E-state index in [9.17, 15) is 0 Å². The van der Waals surface area contributed by atoms with Crippen LogP contribution in [0.15, 0.2) is 97.1 Å². The number of nitrogens with two attached hydrogens (primary N) is 1. The van der Waals surface area contributed by atoms with Crippen molar-refractivity contribution >= 4 is 34.9 Å². The lowest BCUT2D eigenvalue weighted by molar-refractivity contribution is 1.27. The number of hydrogen-bond acceptors (Lipinski definition) is 2. The van der Waals surface area contributed by atoms with Gasteiger partial charge < -0.3 is 10.6 Å². The Morgan fingerprint density at radius 3 is 1.23 bits per heavy atom. The molecule has 0 spiro atoms. The fourth-order valence-corrected chi connectivity index (χ4v) is 3.37. The first-order valence-corrected chi connectivity index (χ1v) is 10.2. The highest BCUT2D eigenvalue weighted by Gasteiger charge is 2.11. The number of anilines is 4. The van der Waals surface area contributed by atoms with Gasteiger partial charge in [0.05, 0.1) is 0 Å². The molecule has 30 heavy (non-hydrogen) atoms. The topological polar surface area (TPSA) is 29.3 Å². The van der Waals surface area contributed by atoms with Crippen molar-refractivity contribution in [2.75, 3.05) is 10.6 Å². The van der Waals surface area contributed by atoms with Crippen molar-refractivity contribution < 1.29 is 0 Å². The first-order valence-electron chi connectivity index (χ1n) is 10.2. The Labute approximate surface area is 178 Å². The van der Waals surface area contributed by atoms with E-state index in [4.69, 9.17) is 5.73 Å². The predicted octanol–water partition coefficient (Wildman–Crippen LogP) is 7.53. The molecule has 0 aliphatic rings. The Bertz CT molecular complexity index is 1080. The summed E-state index contributed by atoms with van der Waals surface area (Å²) >= 11 is 0. The molecule has 0 amide bonds. The molecule has 0 fully saturated rings. The lowest BCUT2D eigenvalue weighted by Gasteiger charge is -2.25. The molecule has 4 aromatic rings. The van der Waals surface area contributed by atoms with Gasteiger partial charge in [-0.3, -0.25) is 0 Å². The standard InChI is InChI=1S/C28H26N2/c1-21-3-15-26(16-4-21)30(27-17-5-22(2)6-18-27)28-19-11-24(12-20-28)8-7-23-9-13-25(29)14-10-23/h3-20H,29H2,1-2H3. The molecule has 4 aromatic carbocycles. The fourth-order valence-electron chi connectivity index (χ4n) is 3.37. The van der Waals surface area contributed by atoms with E-state index < -0.39 is 0 Å². The SMILES string of the molecule is Cc1ccc(N(c2ccc(C)cc2)c2ccc(C=Cc3ccc(N)cc3)cc2)cc1. The maximum absolute atomic E-state index is 5.76. The van der Waals surface area contributed by atoms with Crippen molar-refractivity contribution in [2.45, 2.75) is 13.8 Å². The van der Waals surface area contributed by atoms with Crippen molar-refractivity contribution in [1.82, 2.24) is 0 Å². The van der Waals surface area contributed by atoms with E-state index in [0.29, 0.717) is 0 Å². The second kappa shape index (κ2) is 8.71.